The van der Waals surface area contributed by atoms with E-state index in [1.54, 1.807) is 42.5 Å². The zero-order valence-electron chi connectivity index (χ0n) is 20.9. The van der Waals surface area contributed by atoms with E-state index in [-0.39, 0.29) is 27.9 Å². The molecule has 1 spiro atoms. The van der Waals surface area contributed by atoms with Crippen molar-refractivity contribution in [2.75, 3.05) is 4.90 Å². The summed E-state index contributed by atoms with van der Waals surface area (Å²) in [4.78, 5) is 45.6. The summed E-state index contributed by atoms with van der Waals surface area (Å²) in [5, 5.41) is 0.639. The Morgan fingerprint density at radius 1 is 0.825 bits per heavy atom. The van der Waals surface area contributed by atoms with E-state index >= 15 is 0 Å². The van der Waals surface area contributed by atoms with E-state index in [4.69, 9.17) is 23.2 Å². The molecular weight excluding hydrogens is 548 g/mol. The predicted octanol–water partition coefficient (Wildman–Crippen LogP) is 7.45. The van der Waals surface area contributed by atoms with Crippen LogP contribution in [-0.4, -0.2) is 29.4 Å². The maximum absolute atomic E-state index is 14.6. The van der Waals surface area contributed by atoms with E-state index in [9.17, 15) is 18.8 Å². The predicted molar refractivity (Wildman–Crippen MR) is 153 cm³/mol. The summed E-state index contributed by atoms with van der Waals surface area (Å²) in [5.41, 5.74) is 1.28. The third-order valence-electron chi connectivity index (χ3n) is 8.41. The average molecular weight is 568 g/mol. The number of anilines is 1. The van der Waals surface area contributed by atoms with Crippen LogP contribution in [0.15, 0.2) is 97.1 Å². The molecule has 0 bridgehead atoms. The molecule has 0 aromatic heterocycles. The lowest BCUT2D eigenvalue weighted by molar-refractivity contribution is 0.0666. The fourth-order valence-corrected chi connectivity index (χ4v) is 7.33. The van der Waals surface area contributed by atoms with Gasteiger partial charge in [-0.25, -0.2) is 4.39 Å². The highest BCUT2D eigenvalue weighted by Crippen LogP contribution is 2.61. The standard InChI is InChI=1S/C33H20Cl2FNO3/c34-20-12-15-24(25(35)17-20)28-29(30(38)19-9-13-21(36)14-10-19)37-26-8-4-1-5-18(26)11-16-27(37)33(28)31(39)22-6-2-3-7-23(22)32(33)40/h1-17,27-29H. The monoisotopic (exact) mass is 567 g/mol. The van der Waals surface area contributed by atoms with Gasteiger partial charge in [-0.3, -0.25) is 14.4 Å². The lowest BCUT2D eigenvalue weighted by Crippen LogP contribution is -2.48. The average Bonchev–Trinajstić information content (AvgIpc) is 3.39. The normalized spacial score (nSPS) is 21.9. The van der Waals surface area contributed by atoms with Gasteiger partial charge in [0.1, 0.15) is 17.3 Å². The van der Waals surface area contributed by atoms with Crippen molar-refractivity contribution in [2.45, 2.75) is 18.0 Å². The highest BCUT2D eigenvalue weighted by atomic mass is 35.5. The SMILES string of the molecule is O=C(c1ccc(F)cc1)C1C(c2ccc(Cl)cc2Cl)C2(C(=O)c3ccccc3C2=O)C2C=Cc3ccccc3N12. The van der Waals surface area contributed by atoms with Crippen LogP contribution in [0.1, 0.15) is 48.1 Å². The van der Waals surface area contributed by atoms with Crippen LogP contribution in [0, 0.1) is 11.2 Å². The fourth-order valence-electron chi connectivity index (χ4n) is 6.80. The summed E-state index contributed by atoms with van der Waals surface area (Å²) in [6.07, 6.45) is 3.74. The number of benzene rings is 4. The Hall–Kier alpha value is -4.06. The van der Waals surface area contributed by atoms with E-state index < -0.39 is 29.2 Å². The summed E-state index contributed by atoms with van der Waals surface area (Å²) in [7, 11) is 0. The third kappa shape index (κ3) is 3.28. The first-order chi connectivity index (χ1) is 19.3. The van der Waals surface area contributed by atoms with E-state index in [0.29, 0.717) is 21.7 Å². The van der Waals surface area contributed by atoms with Gasteiger partial charge in [0.25, 0.3) is 0 Å². The molecule has 4 nitrogen and oxygen atoms in total. The van der Waals surface area contributed by atoms with Gasteiger partial charge >= 0.3 is 0 Å². The molecule has 1 aliphatic carbocycles. The Kier molecular flexibility index (Phi) is 5.60. The number of ketones is 3. The molecule has 7 rings (SSSR count). The number of carbonyl (C=O) groups excluding carboxylic acids is 3. The largest absolute Gasteiger partial charge is 0.352 e. The van der Waals surface area contributed by atoms with Crippen LogP contribution in [0.2, 0.25) is 10.0 Å². The summed E-state index contributed by atoms with van der Waals surface area (Å²) in [6, 6.07) is 22.7. The first-order valence-electron chi connectivity index (χ1n) is 12.8. The van der Waals surface area contributed by atoms with Crippen molar-refractivity contribution in [3.8, 4) is 0 Å². The minimum absolute atomic E-state index is 0.252. The lowest BCUT2D eigenvalue weighted by atomic mass is 9.64. The fraction of sp³-hybridized carbons (Fsp3) is 0.121. The molecule has 0 amide bonds. The molecule has 2 heterocycles. The number of para-hydroxylation sites is 1. The Morgan fingerprint density at radius 3 is 2.15 bits per heavy atom. The number of Topliss-reactive ketones (excluding diaryl/α,β-unsaturated/α-hetero) is 3. The minimum atomic E-state index is -1.68. The van der Waals surface area contributed by atoms with E-state index in [2.05, 4.69) is 0 Å². The highest BCUT2D eigenvalue weighted by molar-refractivity contribution is 6.36. The number of hydrogen-bond acceptors (Lipinski definition) is 4. The molecule has 1 saturated heterocycles. The van der Waals surface area contributed by atoms with E-state index in [0.717, 1.165) is 11.3 Å². The Balaban J connectivity index is 1.56. The van der Waals surface area contributed by atoms with Crippen LogP contribution in [-0.2, 0) is 0 Å². The first kappa shape index (κ1) is 24.9. The number of fused-ring (bicyclic) bond motifs is 5. The van der Waals surface area contributed by atoms with Crippen molar-refractivity contribution in [3.63, 3.8) is 0 Å². The van der Waals surface area contributed by atoms with Crippen LogP contribution in [0.25, 0.3) is 6.08 Å². The van der Waals surface area contributed by atoms with E-state index in [1.165, 1.54) is 24.3 Å². The molecule has 4 aromatic rings. The second-order valence-electron chi connectivity index (χ2n) is 10.3. The first-order valence-corrected chi connectivity index (χ1v) is 13.6. The molecule has 4 aromatic carbocycles. The van der Waals surface area contributed by atoms with Crippen molar-refractivity contribution in [1.29, 1.82) is 0 Å². The molecule has 40 heavy (non-hydrogen) atoms. The van der Waals surface area contributed by atoms with Gasteiger partial charge in [-0.15, -0.1) is 0 Å². The minimum Gasteiger partial charge on any atom is -0.352 e. The van der Waals surface area contributed by atoms with Crippen molar-refractivity contribution < 1.29 is 18.8 Å². The smallest absolute Gasteiger partial charge is 0.185 e. The van der Waals surface area contributed by atoms with Crippen LogP contribution >= 0.6 is 23.2 Å². The molecule has 7 heteroatoms. The van der Waals surface area contributed by atoms with Crippen molar-refractivity contribution in [2.24, 2.45) is 5.41 Å². The molecule has 2 aliphatic heterocycles. The highest BCUT2D eigenvalue weighted by Gasteiger charge is 2.71. The summed E-state index contributed by atoms with van der Waals surface area (Å²) in [6.45, 7) is 0. The molecule has 3 aliphatic rings. The molecule has 3 atom stereocenters. The van der Waals surface area contributed by atoms with Crippen molar-refractivity contribution in [1.82, 2.24) is 0 Å². The molecule has 0 saturated carbocycles. The molecule has 1 fully saturated rings. The van der Waals surface area contributed by atoms with Gasteiger partial charge in [-0.2, -0.15) is 0 Å². The summed E-state index contributed by atoms with van der Waals surface area (Å²) >= 11 is 13.1. The number of nitrogens with zero attached hydrogens (tertiary/aromatic N) is 1. The van der Waals surface area contributed by atoms with E-state index in [1.807, 2.05) is 41.3 Å². The molecule has 0 radical (unpaired) electrons. The van der Waals surface area contributed by atoms with Crippen LogP contribution < -0.4 is 4.90 Å². The lowest BCUT2D eigenvalue weighted by Gasteiger charge is -2.37. The zero-order chi connectivity index (χ0) is 27.8. The van der Waals surface area contributed by atoms with Crippen LogP contribution in [0.5, 0.6) is 0 Å². The molecule has 3 unspecified atom stereocenters. The second-order valence-corrected chi connectivity index (χ2v) is 11.1. The number of hydrogen-bond donors (Lipinski definition) is 0. The topological polar surface area (TPSA) is 54.5 Å². The van der Waals surface area contributed by atoms with Crippen molar-refractivity contribution >= 4 is 52.3 Å². The number of halogens is 3. The van der Waals surface area contributed by atoms with Gasteiger partial charge in [0, 0.05) is 38.3 Å². The van der Waals surface area contributed by atoms with Gasteiger partial charge in [0.2, 0.25) is 0 Å². The zero-order valence-corrected chi connectivity index (χ0v) is 22.4. The van der Waals surface area contributed by atoms with Gasteiger partial charge < -0.3 is 4.90 Å². The molecular formula is C33H20Cl2FNO3. The number of carbonyl (C=O) groups is 3. The summed E-state index contributed by atoms with van der Waals surface area (Å²) in [5.74, 6) is -2.49. The third-order valence-corrected chi connectivity index (χ3v) is 8.97. The molecule has 196 valence electrons. The summed E-state index contributed by atoms with van der Waals surface area (Å²) < 4.78 is 13.9. The van der Waals surface area contributed by atoms with Gasteiger partial charge in [-0.05, 0) is 53.6 Å². The number of rotatable bonds is 3. The Morgan fingerprint density at radius 2 is 1.48 bits per heavy atom. The van der Waals surface area contributed by atoms with Crippen LogP contribution in [0.3, 0.4) is 0 Å². The maximum Gasteiger partial charge on any atom is 0.185 e. The van der Waals surface area contributed by atoms with Gasteiger partial charge in [0.05, 0.1) is 6.04 Å². The molecule has 0 N–H and O–H groups in total. The quantitative estimate of drug-likeness (QED) is 0.190. The maximum atomic E-state index is 14.6. The van der Waals surface area contributed by atoms with Gasteiger partial charge in [-0.1, -0.05) is 83.9 Å². The Bertz CT molecular complexity index is 1750. The second kappa shape index (κ2) is 8.98. The Labute approximate surface area is 239 Å². The van der Waals surface area contributed by atoms with Crippen molar-refractivity contribution in [3.05, 3.63) is 141 Å². The van der Waals surface area contributed by atoms with Gasteiger partial charge in [0.15, 0.2) is 17.3 Å². The van der Waals surface area contributed by atoms with Crippen LogP contribution in [0.4, 0.5) is 10.1 Å².